The van der Waals surface area contributed by atoms with Crippen LogP contribution in [0.25, 0.3) is 0 Å². The van der Waals surface area contributed by atoms with Crippen molar-refractivity contribution in [3.05, 3.63) is 63.8 Å². The van der Waals surface area contributed by atoms with Crippen molar-refractivity contribution in [2.24, 2.45) is 5.92 Å². The van der Waals surface area contributed by atoms with Crippen LogP contribution in [0.2, 0.25) is 0 Å². The van der Waals surface area contributed by atoms with Crippen LogP contribution >= 0.6 is 0 Å². The van der Waals surface area contributed by atoms with Gasteiger partial charge in [0.1, 0.15) is 5.82 Å². The smallest absolute Gasteiger partial charge is 0.254 e. The molecule has 0 saturated carbocycles. The number of hydrogen-bond donors (Lipinski definition) is 1. The molecule has 2 heterocycles. The zero-order valence-corrected chi connectivity index (χ0v) is 16.1. The van der Waals surface area contributed by atoms with Gasteiger partial charge in [-0.1, -0.05) is 30.3 Å². The molecule has 0 aliphatic carbocycles. The SMILES string of the molecule is Cc1ncc(CC(=O)N(C)CC2CCN(Cc3ccccc3)CC2)c(=O)[nH]1. The molecule has 1 saturated heterocycles. The molecule has 2 aromatic rings. The van der Waals surface area contributed by atoms with E-state index in [0.29, 0.717) is 17.3 Å². The van der Waals surface area contributed by atoms with Gasteiger partial charge in [0.25, 0.3) is 5.56 Å². The normalized spacial score (nSPS) is 15.6. The third kappa shape index (κ3) is 5.50. The van der Waals surface area contributed by atoms with E-state index in [4.69, 9.17) is 0 Å². The second-order valence-electron chi connectivity index (χ2n) is 7.48. The van der Waals surface area contributed by atoms with Gasteiger partial charge in [0.15, 0.2) is 0 Å². The molecule has 0 radical (unpaired) electrons. The monoisotopic (exact) mass is 368 g/mol. The molecule has 0 atom stereocenters. The van der Waals surface area contributed by atoms with E-state index in [-0.39, 0.29) is 17.9 Å². The highest BCUT2D eigenvalue weighted by molar-refractivity contribution is 5.78. The van der Waals surface area contributed by atoms with Crippen molar-refractivity contribution >= 4 is 5.91 Å². The number of aromatic nitrogens is 2. The van der Waals surface area contributed by atoms with Gasteiger partial charge in [-0.2, -0.15) is 0 Å². The molecule has 0 bridgehead atoms. The average Bonchev–Trinajstić information content (AvgIpc) is 2.66. The fourth-order valence-corrected chi connectivity index (χ4v) is 3.59. The number of benzene rings is 1. The lowest BCUT2D eigenvalue weighted by Gasteiger charge is -2.34. The fourth-order valence-electron chi connectivity index (χ4n) is 3.59. The molecule has 1 amide bonds. The number of hydrogen-bond acceptors (Lipinski definition) is 4. The Morgan fingerprint density at radius 1 is 1.26 bits per heavy atom. The molecule has 1 aliphatic rings. The molecule has 6 nitrogen and oxygen atoms in total. The lowest BCUT2D eigenvalue weighted by molar-refractivity contribution is -0.130. The Morgan fingerprint density at radius 2 is 1.96 bits per heavy atom. The molecule has 0 unspecified atom stereocenters. The minimum Gasteiger partial charge on any atom is -0.345 e. The first kappa shape index (κ1) is 19.3. The maximum atomic E-state index is 12.5. The first-order valence-corrected chi connectivity index (χ1v) is 9.56. The predicted molar refractivity (Wildman–Crippen MR) is 105 cm³/mol. The minimum atomic E-state index is -0.224. The molecule has 1 aromatic heterocycles. The van der Waals surface area contributed by atoms with Crippen molar-refractivity contribution in [2.75, 3.05) is 26.7 Å². The van der Waals surface area contributed by atoms with E-state index in [0.717, 1.165) is 39.0 Å². The lowest BCUT2D eigenvalue weighted by Crippen LogP contribution is -2.40. The maximum Gasteiger partial charge on any atom is 0.254 e. The van der Waals surface area contributed by atoms with Crippen LogP contribution in [0.3, 0.4) is 0 Å². The zero-order chi connectivity index (χ0) is 19.2. The number of carbonyl (C=O) groups excluding carboxylic acids is 1. The third-order valence-corrected chi connectivity index (χ3v) is 5.26. The van der Waals surface area contributed by atoms with Gasteiger partial charge < -0.3 is 9.88 Å². The number of aromatic amines is 1. The van der Waals surface area contributed by atoms with Gasteiger partial charge in [-0.25, -0.2) is 4.98 Å². The summed E-state index contributed by atoms with van der Waals surface area (Å²) in [4.78, 5) is 35.3. The fraction of sp³-hybridized carbons (Fsp3) is 0.476. The number of likely N-dealkylation sites (N-methyl/N-ethyl adjacent to an activating group) is 1. The summed E-state index contributed by atoms with van der Waals surface area (Å²) in [5, 5.41) is 0. The maximum absolute atomic E-state index is 12.5. The van der Waals surface area contributed by atoms with Gasteiger partial charge in [-0.05, 0) is 44.3 Å². The minimum absolute atomic E-state index is 0.0298. The van der Waals surface area contributed by atoms with Crippen LogP contribution in [-0.4, -0.2) is 52.4 Å². The van der Waals surface area contributed by atoms with E-state index in [1.165, 1.54) is 11.8 Å². The first-order chi connectivity index (χ1) is 13.0. The molecular formula is C21H28N4O2. The summed E-state index contributed by atoms with van der Waals surface area (Å²) in [6.07, 6.45) is 3.79. The highest BCUT2D eigenvalue weighted by atomic mass is 16.2. The molecule has 144 valence electrons. The van der Waals surface area contributed by atoms with Gasteiger partial charge >= 0.3 is 0 Å². The summed E-state index contributed by atoms with van der Waals surface area (Å²) >= 11 is 0. The van der Waals surface area contributed by atoms with Gasteiger partial charge in [-0.15, -0.1) is 0 Å². The van der Waals surface area contributed by atoms with Crippen molar-refractivity contribution < 1.29 is 4.79 Å². The molecule has 3 rings (SSSR count). The van der Waals surface area contributed by atoms with Gasteiger partial charge in [0.2, 0.25) is 5.91 Å². The topological polar surface area (TPSA) is 69.3 Å². The number of rotatable bonds is 6. The largest absolute Gasteiger partial charge is 0.345 e. The van der Waals surface area contributed by atoms with E-state index < -0.39 is 0 Å². The van der Waals surface area contributed by atoms with E-state index in [9.17, 15) is 9.59 Å². The van der Waals surface area contributed by atoms with Crippen molar-refractivity contribution in [1.29, 1.82) is 0 Å². The Bertz CT molecular complexity index is 810. The second-order valence-corrected chi connectivity index (χ2v) is 7.48. The Hall–Kier alpha value is -2.47. The summed E-state index contributed by atoms with van der Waals surface area (Å²) in [6, 6.07) is 10.5. The summed E-state index contributed by atoms with van der Waals surface area (Å²) in [5.74, 6) is 1.05. The van der Waals surface area contributed by atoms with Crippen LogP contribution in [0.5, 0.6) is 0 Å². The molecule has 1 fully saturated rings. The summed E-state index contributed by atoms with van der Waals surface area (Å²) < 4.78 is 0. The van der Waals surface area contributed by atoms with Gasteiger partial charge in [0, 0.05) is 31.9 Å². The van der Waals surface area contributed by atoms with Gasteiger partial charge in [-0.3, -0.25) is 14.5 Å². The van der Waals surface area contributed by atoms with Crippen molar-refractivity contribution in [3.8, 4) is 0 Å². The van der Waals surface area contributed by atoms with Crippen LogP contribution in [0.1, 0.15) is 29.8 Å². The first-order valence-electron chi connectivity index (χ1n) is 9.56. The highest BCUT2D eigenvalue weighted by Crippen LogP contribution is 2.20. The van der Waals surface area contributed by atoms with E-state index in [1.54, 1.807) is 11.8 Å². The number of carbonyl (C=O) groups is 1. The standard InChI is InChI=1S/C21H28N4O2/c1-16-22-13-19(21(27)23-16)12-20(26)24(2)14-18-8-10-25(11-9-18)15-17-6-4-3-5-7-17/h3-7,13,18H,8-12,14-15H2,1-2H3,(H,22,23,27). The molecule has 1 aliphatic heterocycles. The second kappa shape index (κ2) is 8.95. The molecule has 0 spiro atoms. The number of amides is 1. The van der Waals surface area contributed by atoms with Crippen LogP contribution in [0.15, 0.2) is 41.3 Å². The third-order valence-electron chi connectivity index (χ3n) is 5.26. The van der Waals surface area contributed by atoms with E-state index in [1.807, 2.05) is 13.1 Å². The Balaban J connectivity index is 1.45. The quantitative estimate of drug-likeness (QED) is 0.847. The molecule has 1 N–H and O–H groups in total. The number of nitrogens with one attached hydrogen (secondary N) is 1. The lowest BCUT2D eigenvalue weighted by atomic mass is 9.95. The Morgan fingerprint density at radius 3 is 2.63 bits per heavy atom. The summed E-state index contributed by atoms with van der Waals surface area (Å²) in [5.41, 5.74) is 1.55. The van der Waals surface area contributed by atoms with Crippen molar-refractivity contribution in [1.82, 2.24) is 19.8 Å². The molecule has 1 aromatic carbocycles. The van der Waals surface area contributed by atoms with Crippen LogP contribution < -0.4 is 5.56 Å². The number of nitrogens with zero attached hydrogens (tertiary/aromatic N) is 3. The van der Waals surface area contributed by atoms with Crippen molar-refractivity contribution in [2.45, 2.75) is 32.7 Å². The van der Waals surface area contributed by atoms with Gasteiger partial charge in [0.05, 0.1) is 6.42 Å². The number of H-pyrrole nitrogens is 1. The summed E-state index contributed by atoms with van der Waals surface area (Å²) in [6.45, 7) is 5.58. The van der Waals surface area contributed by atoms with E-state index in [2.05, 4.69) is 39.1 Å². The van der Waals surface area contributed by atoms with Crippen molar-refractivity contribution in [3.63, 3.8) is 0 Å². The van der Waals surface area contributed by atoms with E-state index >= 15 is 0 Å². The van der Waals surface area contributed by atoms with Crippen LogP contribution in [0, 0.1) is 12.8 Å². The van der Waals surface area contributed by atoms with Crippen LogP contribution in [-0.2, 0) is 17.8 Å². The Kier molecular flexibility index (Phi) is 6.40. The predicted octanol–water partition coefficient (Wildman–Crippen LogP) is 1.99. The summed E-state index contributed by atoms with van der Waals surface area (Å²) in [7, 11) is 1.83. The zero-order valence-electron chi connectivity index (χ0n) is 16.1. The number of likely N-dealkylation sites (tertiary alicyclic amines) is 1. The number of piperidine rings is 1. The highest BCUT2D eigenvalue weighted by Gasteiger charge is 2.22. The Labute approximate surface area is 160 Å². The molecular weight excluding hydrogens is 340 g/mol. The van der Waals surface area contributed by atoms with Crippen LogP contribution in [0.4, 0.5) is 0 Å². The molecule has 27 heavy (non-hydrogen) atoms. The molecule has 6 heteroatoms. The number of aryl methyl sites for hydroxylation is 1. The average molecular weight is 368 g/mol.